The van der Waals surface area contributed by atoms with Gasteiger partial charge in [-0.3, -0.25) is 4.79 Å². The maximum absolute atomic E-state index is 12.0. The lowest BCUT2D eigenvalue weighted by atomic mass is 10.2. The largest absolute Gasteiger partial charge is 0.383 e. The predicted octanol–water partition coefficient (Wildman–Crippen LogP) is 0.427. The van der Waals surface area contributed by atoms with Gasteiger partial charge in [0.25, 0.3) is 5.91 Å². The zero-order valence-corrected chi connectivity index (χ0v) is 10.8. The molecule has 2 rings (SSSR count). The molecule has 19 heavy (non-hydrogen) atoms. The average Bonchev–Trinajstić information content (AvgIpc) is 2.93. The number of hydrogen-bond donors (Lipinski definition) is 1. The average molecular weight is 261 g/mol. The summed E-state index contributed by atoms with van der Waals surface area (Å²) in [6, 6.07) is 7.03. The number of nitrogens with zero attached hydrogens (tertiary/aromatic N) is 4. The van der Waals surface area contributed by atoms with Crippen molar-refractivity contribution in [2.45, 2.75) is 13.0 Å². The van der Waals surface area contributed by atoms with Crippen molar-refractivity contribution in [3.63, 3.8) is 0 Å². The van der Waals surface area contributed by atoms with Gasteiger partial charge in [-0.2, -0.15) is 0 Å². The van der Waals surface area contributed by atoms with Crippen LogP contribution in [0.4, 0.5) is 0 Å². The molecule has 0 aliphatic carbocycles. The monoisotopic (exact) mass is 261 g/mol. The summed E-state index contributed by atoms with van der Waals surface area (Å²) in [5.74, 6) is -0.153. The van der Waals surface area contributed by atoms with Crippen LogP contribution in [0.2, 0.25) is 0 Å². The van der Waals surface area contributed by atoms with E-state index in [0.29, 0.717) is 12.2 Å². The first-order chi connectivity index (χ1) is 9.20. The van der Waals surface area contributed by atoms with Gasteiger partial charge in [-0.1, -0.05) is 6.07 Å². The van der Waals surface area contributed by atoms with Crippen LogP contribution in [0, 0.1) is 0 Å². The molecule has 7 heteroatoms. The number of aromatic nitrogens is 4. The van der Waals surface area contributed by atoms with Crippen LogP contribution in [-0.4, -0.2) is 45.9 Å². The van der Waals surface area contributed by atoms with E-state index in [-0.39, 0.29) is 11.9 Å². The molecule has 2 aromatic rings. The van der Waals surface area contributed by atoms with Crippen LogP contribution in [-0.2, 0) is 4.74 Å². The number of benzene rings is 1. The Kier molecular flexibility index (Phi) is 4.19. The molecule has 100 valence electrons. The highest BCUT2D eigenvalue weighted by Gasteiger charge is 2.10. The smallest absolute Gasteiger partial charge is 0.251 e. The summed E-state index contributed by atoms with van der Waals surface area (Å²) in [6.07, 6.45) is 1.48. The minimum atomic E-state index is -0.153. The molecular formula is C12H15N5O2. The number of ether oxygens (including phenoxy) is 1. The molecule has 7 nitrogen and oxygen atoms in total. The molecule has 0 radical (unpaired) electrons. The zero-order valence-electron chi connectivity index (χ0n) is 10.8. The molecule has 0 aliphatic rings. The lowest BCUT2D eigenvalue weighted by molar-refractivity contribution is 0.0905. The van der Waals surface area contributed by atoms with Gasteiger partial charge in [0, 0.05) is 18.7 Å². The van der Waals surface area contributed by atoms with Crippen molar-refractivity contribution in [1.29, 1.82) is 0 Å². The summed E-state index contributed by atoms with van der Waals surface area (Å²) in [5.41, 5.74) is 1.29. The Morgan fingerprint density at radius 2 is 2.37 bits per heavy atom. The van der Waals surface area contributed by atoms with Crippen molar-refractivity contribution in [3.05, 3.63) is 36.2 Å². The van der Waals surface area contributed by atoms with Crippen LogP contribution >= 0.6 is 0 Å². The van der Waals surface area contributed by atoms with E-state index >= 15 is 0 Å². The van der Waals surface area contributed by atoms with E-state index < -0.39 is 0 Å². The molecule has 1 amide bonds. The van der Waals surface area contributed by atoms with Crippen LogP contribution in [0.3, 0.4) is 0 Å². The predicted molar refractivity (Wildman–Crippen MR) is 68.0 cm³/mol. The van der Waals surface area contributed by atoms with Gasteiger partial charge >= 0.3 is 0 Å². The Balaban J connectivity index is 2.12. The number of rotatable bonds is 5. The van der Waals surface area contributed by atoms with Crippen LogP contribution in [0.25, 0.3) is 5.69 Å². The fraction of sp³-hybridized carbons (Fsp3) is 0.333. The lowest BCUT2D eigenvalue weighted by Gasteiger charge is -2.13. The van der Waals surface area contributed by atoms with Gasteiger partial charge in [0.1, 0.15) is 6.33 Å². The van der Waals surface area contributed by atoms with Crippen LogP contribution in [0.5, 0.6) is 0 Å². The Hall–Kier alpha value is -2.28. The third-order valence-corrected chi connectivity index (χ3v) is 2.52. The van der Waals surface area contributed by atoms with E-state index in [9.17, 15) is 4.79 Å². The number of carbonyl (C=O) groups excluding carboxylic acids is 1. The van der Waals surface area contributed by atoms with E-state index in [0.717, 1.165) is 5.69 Å². The molecule has 1 N–H and O–H groups in total. The first-order valence-electron chi connectivity index (χ1n) is 5.84. The molecule has 0 spiro atoms. The van der Waals surface area contributed by atoms with Crippen molar-refractivity contribution in [2.75, 3.05) is 13.7 Å². The van der Waals surface area contributed by atoms with E-state index in [1.807, 2.05) is 13.0 Å². The van der Waals surface area contributed by atoms with Gasteiger partial charge in [0.15, 0.2) is 0 Å². The normalized spacial score (nSPS) is 12.1. The second-order valence-electron chi connectivity index (χ2n) is 4.13. The molecule has 0 fully saturated rings. The van der Waals surface area contributed by atoms with E-state index in [2.05, 4.69) is 20.8 Å². The highest BCUT2D eigenvalue weighted by atomic mass is 16.5. The molecule has 0 saturated heterocycles. The molecule has 1 aromatic heterocycles. The summed E-state index contributed by atoms with van der Waals surface area (Å²) in [4.78, 5) is 12.0. The maximum atomic E-state index is 12.0. The van der Waals surface area contributed by atoms with Gasteiger partial charge in [-0.15, -0.1) is 5.10 Å². The summed E-state index contributed by atoms with van der Waals surface area (Å²) >= 11 is 0. The van der Waals surface area contributed by atoms with Crippen LogP contribution in [0.1, 0.15) is 17.3 Å². The van der Waals surface area contributed by atoms with Crippen molar-refractivity contribution in [3.8, 4) is 5.69 Å². The van der Waals surface area contributed by atoms with E-state index in [4.69, 9.17) is 4.74 Å². The molecule has 1 aromatic carbocycles. The number of carbonyl (C=O) groups is 1. The summed E-state index contributed by atoms with van der Waals surface area (Å²) in [5, 5.41) is 13.7. The van der Waals surface area contributed by atoms with Crippen LogP contribution in [0.15, 0.2) is 30.6 Å². The molecular weight excluding hydrogens is 246 g/mol. The Morgan fingerprint density at radius 3 is 3.05 bits per heavy atom. The number of methoxy groups -OCH3 is 1. The van der Waals surface area contributed by atoms with Crippen molar-refractivity contribution in [2.24, 2.45) is 0 Å². The van der Waals surface area contributed by atoms with Gasteiger partial charge in [-0.25, -0.2) is 4.68 Å². The summed E-state index contributed by atoms with van der Waals surface area (Å²) in [6.45, 7) is 2.35. The number of hydrogen-bond acceptors (Lipinski definition) is 5. The third-order valence-electron chi connectivity index (χ3n) is 2.52. The van der Waals surface area contributed by atoms with Crippen molar-refractivity contribution < 1.29 is 9.53 Å². The minimum Gasteiger partial charge on any atom is -0.383 e. The molecule has 1 atom stereocenters. The molecule has 1 heterocycles. The fourth-order valence-electron chi connectivity index (χ4n) is 1.67. The molecule has 0 bridgehead atoms. The van der Waals surface area contributed by atoms with Gasteiger partial charge in [0.05, 0.1) is 12.3 Å². The van der Waals surface area contributed by atoms with E-state index in [1.165, 1.54) is 11.0 Å². The standard InChI is InChI=1S/C12H15N5O2/c1-9(7-19-2)14-12(18)10-4-3-5-11(6-10)17-8-13-15-16-17/h3-6,8-9H,7H2,1-2H3,(H,14,18). The van der Waals surface area contributed by atoms with Gasteiger partial charge in [0.2, 0.25) is 0 Å². The summed E-state index contributed by atoms with van der Waals surface area (Å²) < 4.78 is 6.47. The number of tetrazole rings is 1. The molecule has 1 unspecified atom stereocenters. The van der Waals surface area contributed by atoms with Crippen molar-refractivity contribution in [1.82, 2.24) is 25.5 Å². The number of amides is 1. The Bertz CT molecular complexity index is 541. The first-order valence-corrected chi connectivity index (χ1v) is 5.84. The first kappa shape index (κ1) is 13.2. The molecule has 0 saturated carbocycles. The quantitative estimate of drug-likeness (QED) is 0.844. The Labute approximate surface area is 110 Å². The maximum Gasteiger partial charge on any atom is 0.251 e. The number of nitrogens with one attached hydrogen (secondary N) is 1. The highest BCUT2D eigenvalue weighted by Crippen LogP contribution is 2.08. The topological polar surface area (TPSA) is 81.9 Å². The lowest BCUT2D eigenvalue weighted by Crippen LogP contribution is -2.35. The summed E-state index contributed by atoms with van der Waals surface area (Å²) in [7, 11) is 1.60. The van der Waals surface area contributed by atoms with Crippen molar-refractivity contribution >= 4 is 5.91 Å². The fourth-order valence-corrected chi connectivity index (χ4v) is 1.67. The van der Waals surface area contributed by atoms with E-state index in [1.54, 1.807) is 25.3 Å². The minimum absolute atomic E-state index is 0.0470. The Morgan fingerprint density at radius 1 is 1.53 bits per heavy atom. The third kappa shape index (κ3) is 3.35. The van der Waals surface area contributed by atoms with Crippen LogP contribution < -0.4 is 5.32 Å². The zero-order chi connectivity index (χ0) is 13.7. The van der Waals surface area contributed by atoms with Gasteiger partial charge in [-0.05, 0) is 35.5 Å². The second kappa shape index (κ2) is 6.05. The second-order valence-corrected chi connectivity index (χ2v) is 4.13. The van der Waals surface area contributed by atoms with Gasteiger partial charge < -0.3 is 10.1 Å². The SMILES string of the molecule is COCC(C)NC(=O)c1cccc(-n2cnnn2)c1. The highest BCUT2D eigenvalue weighted by molar-refractivity contribution is 5.94. The molecule has 0 aliphatic heterocycles.